The second-order valence-electron chi connectivity index (χ2n) is 13.2. The van der Waals surface area contributed by atoms with Crippen LogP contribution >= 0.6 is 0 Å². The number of amides is 2. The molecule has 9 nitrogen and oxygen atoms in total. The third-order valence-corrected chi connectivity index (χ3v) is 9.61. The Hall–Kier alpha value is -3.60. The van der Waals surface area contributed by atoms with Crippen LogP contribution in [0.3, 0.4) is 0 Å². The fraction of sp³-hybridized carbons (Fsp3) is 0.487. The molecule has 5 rings (SSSR count). The van der Waals surface area contributed by atoms with E-state index in [0.29, 0.717) is 19.5 Å². The highest BCUT2D eigenvalue weighted by Gasteiger charge is 2.40. The second kappa shape index (κ2) is 17.7. The summed E-state index contributed by atoms with van der Waals surface area (Å²) in [7, 11) is 0. The Balaban J connectivity index is 1.27. The molecule has 0 bridgehead atoms. The smallest absolute Gasteiger partial charge is 0.220 e. The summed E-state index contributed by atoms with van der Waals surface area (Å²) < 4.78 is 13.4. The number of unbranched alkanes of at least 4 members (excludes halogenated alkanes) is 2. The van der Waals surface area contributed by atoms with E-state index in [1.54, 1.807) is 0 Å². The summed E-state index contributed by atoms with van der Waals surface area (Å²) in [4.78, 5) is 25.8. The third-order valence-electron chi connectivity index (χ3n) is 9.61. The molecule has 2 fully saturated rings. The van der Waals surface area contributed by atoms with Crippen molar-refractivity contribution in [1.82, 2.24) is 15.5 Å². The van der Waals surface area contributed by atoms with Gasteiger partial charge in [-0.25, -0.2) is 0 Å². The molecule has 4 N–H and O–H groups in total. The maximum atomic E-state index is 12.5. The Morgan fingerprint density at radius 1 is 0.875 bits per heavy atom. The van der Waals surface area contributed by atoms with Gasteiger partial charge in [0.1, 0.15) is 0 Å². The number of nitrogens with one attached hydrogen (secondary N) is 2. The molecular formula is C39H51N3O6. The van der Waals surface area contributed by atoms with Crippen LogP contribution in [0, 0.1) is 5.92 Å². The van der Waals surface area contributed by atoms with Gasteiger partial charge in [0, 0.05) is 50.5 Å². The Kier molecular flexibility index (Phi) is 13.2. The van der Waals surface area contributed by atoms with E-state index in [1.807, 2.05) is 48.5 Å². The van der Waals surface area contributed by atoms with Gasteiger partial charge in [0.25, 0.3) is 0 Å². The summed E-state index contributed by atoms with van der Waals surface area (Å²) in [5, 5.41) is 25.4. The minimum Gasteiger partial charge on any atom is -0.395 e. The molecule has 3 aromatic carbocycles. The number of aliphatic hydroxyl groups is 2. The zero-order chi connectivity index (χ0) is 33.9. The fourth-order valence-corrected chi connectivity index (χ4v) is 6.77. The van der Waals surface area contributed by atoms with Crippen molar-refractivity contribution < 1.29 is 29.3 Å². The minimum absolute atomic E-state index is 0.00425. The maximum Gasteiger partial charge on any atom is 0.220 e. The van der Waals surface area contributed by atoms with Gasteiger partial charge in [-0.15, -0.1) is 0 Å². The normalized spacial score (nSPS) is 22.8. The number of benzene rings is 3. The first-order chi connectivity index (χ1) is 23.3. The molecule has 9 heteroatoms. The average molecular weight is 658 g/mol. The van der Waals surface area contributed by atoms with Crippen molar-refractivity contribution in [3.05, 3.63) is 95.1 Å². The first kappa shape index (κ1) is 35.7. The number of aliphatic hydroxyl groups excluding tert-OH is 2. The molecule has 2 aliphatic heterocycles. The van der Waals surface area contributed by atoms with Crippen molar-refractivity contribution in [1.29, 1.82) is 0 Å². The van der Waals surface area contributed by atoms with Crippen molar-refractivity contribution in [3.8, 4) is 11.1 Å². The molecule has 0 saturated carbocycles. The molecule has 5 atom stereocenters. The monoisotopic (exact) mass is 657 g/mol. The Bertz CT molecular complexity index is 1480. The Morgan fingerprint density at radius 2 is 1.65 bits per heavy atom. The van der Waals surface area contributed by atoms with Gasteiger partial charge in [-0.2, -0.15) is 0 Å². The highest BCUT2D eigenvalue weighted by atomic mass is 16.7. The summed E-state index contributed by atoms with van der Waals surface area (Å²) in [5.41, 5.74) is 5.94. The van der Waals surface area contributed by atoms with E-state index in [-0.39, 0.29) is 49.2 Å². The number of carbonyl (C=O) groups excluding carboxylic acids is 2. The minimum atomic E-state index is -0.579. The molecule has 2 amide bonds. The number of nitrogens with zero attached hydrogens (tertiary/aromatic N) is 1. The molecule has 0 spiro atoms. The molecule has 5 unspecified atom stereocenters. The average Bonchev–Trinajstić information content (AvgIpc) is 3.57. The predicted octanol–water partition coefficient (Wildman–Crippen LogP) is 5.41. The van der Waals surface area contributed by atoms with Crippen LogP contribution in [0.2, 0.25) is 0 Å². The van der Waals surface area contributed by atoms with Gasteiger partial charge >= 0.3 is 0 Å². The van der Waals surface area contributed by atoms with Crippen molar-refractivity contribution in [2.75, 3.05) is 26.2 Å². The van der Waals surface area contributed by atoms with Crippen molar-refractivity contribution >= 4 is 11.8 Å². The van der Waals surface area contributed by atoms with Crippen LogP contribution in [0.5, 0.6) is 0 Å². The molecule has 258 valence electrons. The van der Waals surface area contributed by atoms with Crippen molar-refractivity contribution in [2.45, 2.75) is 90.1 Å². The number of rotatable bonds is 15. The van der Waals surface area contributed by atoms with Gasteiger partial charge in [-0.1, -0.05) is 74.0 Å². The fourth-order valence-electron chi connectivity index (χ4n) is 6.77. The topological polar surface area (TPSA) is 120 Å². The van der Waals surface area contributed by atoms with Crippen molar-refractivity contribution in [3.63, 3.8) is 0 Å². The quantitative estimate of drug-likeness (QED) is 0.162. The molecular weight excluding hydrogens is 606 g/mol. The lowest BCUT2D eigenvalue weighted by Gasteiger charge is -2.43. The highest BCUT2D eigenvalue weighted by Crippen LogP contribution is 2.43. The lowest BCUT2D eigenvalue weighted by Crippen LogP contribution is -2.46. The summed E-state index contributed by atoms with van der Waals surface area (Å²) in [6, 6.07) is 24.6. The zero-order valence-electron chi connectivity index (χ0n) is 28.3. The number of ether oxygens (including phenoxy) is 2. The number of hydrogen-bond acceptors (Lipinski definition) is 7. The van der Waals surface area contributed by atoms with Gasteiger partial charge in [0.2, 0.25) is 11.8 Å². The standard InChI is InChI=1S/C39H51N3O6/c1-27-36(24-42-20-8-13-35(42)26-44)47-39(48-38(27)31-17-15-29(25-43)16-18-31)34-12-7-11-33(22-34)32-10-6-9-30(21-32)23-41-37(46)14-4-3-5-19-40-28(2)45/h6-7,9-12,15-18,21-22,27,35-36,38-39,43-44H,3-5,8,13-14,19-20,23-26H2,1-2H3,(H,40,45)(H,41,46). The largest absolute Gasteiger partial charge is 0.395 e. The van der Waals surface area contributed by atoms with Crippen LogP contribution in [-0.4, -0.2) is 65.3 Å². The molecule has 48 heavy (non-hydrogen) atoms. The molecule has 0 aromatic heterocycles. The van der Waals surface area contributed by atoms with E-state index in [1.165, 1.54) is 6.92 Å². The van der Waals surface area contributed by atoms with Gasteiger partial charge in [0.15, 0.2) is 6.29 Å². The molecule has 0 radical (unpaired) electrons. The van der Waals surface area contributed by atoms with Gasteiger partial charge in [-0.3, -0.25) is 14.5 Å². The van der Waals surface area contributed by atoms with E-state index in [0.717, 1.165) is 78.6 Å². The van der Waals surface area contributed by atoms with Crippen LogP contribution in [0.4, 0.5) is 0 Å². The highest BCUT2D eigenvalue weighted by molar-refractivity contribution is 5.76. The molecule has 0 aliphatic carbocycles. The number of carbonyl (C=O) groups is 2. The SMILES string of the molecule is CC(=O)NCCCCCC(=O)NCc1cccc(-c2cccc(C3OC(CN4CCCC4CO)C(C)C(c4ccc(CO)cc4)O3)c2)c1. The summed E-state index contributed by atoms with van der Waals surface area (Å²) >= 11 is 0. The molecule has 2 saturated heterocycles. The van der Waals surface area contributed by atoms with Crippen LogP contribution in [0.1, 0.15) is 87.0 Å². The van der Waals surface area contributed by atoms with Crippen LogP contribution in [0.15, 0.2) is 72.8 Å². The summed E-state index contributed by atoms with van der Waals surface area (Å²) in [6.07, 6.45) is 4.20. The van der Waals surface area contributed by atoms with Crippen molar-refractivity contribution in [2.24, 2.45) is 5.92 Å². The zero-order valence-corrected chi connectivity index (χ0v) is 28.3. The Labute approximate surface area is 284 Å². The maximum absolute atomic E-state index is 12.5. The van der Waals surface area contributed by atoms with Crippen LogP contribution < -0.4 is 10.6 Å². The first-order valence-corrected chi connectivity index (χ1v) is 17.4. The molecule has 3 aromatic rings. The third kappa shape index (κ3) is 9.74. The number of hydrogen-bond donors (Lipinski definition) is 4. The Morgan fingerprint density at radius 3 is 2.40 bits per heavy atom. The molecule has 2 heterocycles. The van der Waals surface area contributed by atoms with Gasteiger partial charge < -0.3 is 30.3 Å². The van der Waals surface area contributed by atoms with E-state index in [9.17, 15) is 19.8 Å². The predicted molar refractivity (Wildman–Crippen MR) is 186 cm³/mol. The molecule has 2 aliphatic rings. The van der Waals surface area contributed by atoms with Crippen LogP contribution in [0.25, 0.3) is 11.1 Å². The van der Waals surface area contributed by atoms with Gasteiger partial charge in [0.05, 0.1) is 25.4 Å². The van der Waals surface area contributed by atoms with E-state index in [4.69, 9.17) is 9.47 Å². The lowest BCUT2D eigenvalue weighted by molar-refractivity contribution is -0.276. The second-order valence-corrected chi connectivity index (χ2v) is 13.2. The van der Waals surface area contributed by atoms with Gasteiger partial charge in [-0.05, 0) is 72.2 Å². The van der Waals surface area contributed by atoms with Crippen LogP contribution in [-0.2, 0) is 32.2 Å². The van der Waals surface area contributed by atoms with E-state index >= 15 is 0 Å². The summed E-state index contributed by atoms with van der Waals surface area (Å²) in [6.45, 7) is 6.60. The lowest BCUT2D eigenvalue weighted by atomic mass is 9.89. The van der Waals surface area contributed by atoms with E-state index in [2.05, 4.69) is 46.7 Å². The first-order valence-electron chi connectivity index (χ1n) is 17.4. The summed E-state index contributed by atoms with van der Waals surface area (Å²) in [5.74, 6) is 0.0680. The van der Waals surface area contributed by atoms with E-state index < -0.39 is 6.29 Å². The number of likely N-dealkylation sites (tertiary alicyclic amines) is 1.